The van der Waals surface area contributed by atoms with Gasteiger partial charge in [0.25, 0.3) is 0 Å². The predicted molar refractivity (Wildman–Crippen MR) is 74.1 cm³/mol. The molecule has 0 bridgehead atoms. The van der Waals surface area contributed by atoms with Gasteiger partial charge in [0.1, 0.15) is 0 Å². The fraction of sp³-hybridized carbons (Fsp3) is 1.00. The molecule has 2 rings (SSSR count). The van der Waals surface area contributed by atoms with Crippen molar-refractivity contribution in [3.8, 4) is 0 Å². The quantitative estimate of drug-likeness (QED) is 0.682. The van der Waals surface area contributed by atoms with Gasteiger partial charge in [-0.2, -0.15) is 11.8 Å². The van der Waals surface area contributed by atoms with Crippen LogP contribution in [0.5, 0.6) is 0 Å². The third-order valence-corrected chi connectivity index (χ3v) is 5.34. The molecule has 94 valence electrons. The zero-order valence-electron chi connectivity index (χ0n) is 10.7. The summed E-state index contributed by atoms with van der Waals surface area (Å²) in [7, 11) is 0. The summed E-state index contributed by atoms with van der Waals surface area (Å²) in [5, 5.41) is 3.80. The molecule has 2 fully saturated rings. The lowest BCUT2D eigenvalue weighted by molar-refractivity contribution is 0.260. The van der Waals surface area contributed by atoms with Crippen LogP contribution in [0.25, 0.3) is 0 Å². The fourth-order valence-electron chi connectivity index (χ4n) is 2.82. The molecule has 0 aliphatic heterocycles. The molecule has 0 heterocycles. The van der Waals surface area contributed by atoms with Gasteiger partial charge in [0.15, 0.2) is 0 Å². The first-order chi connectivity index (χ1) is 7.90. The third-order valence-electron chi connectivity index (χ3n) is 4.14. The first-order valence-corrected chi connectivity index (χ1v) is 8.36. The van der Waals surface area contributed by atoms with E-state index in [4.69, 9.17) is 0 Å². The summed E-state index contributed by atoms with van der Waals surface area (Å²) in [4.78, 5) is 0. The molecule has 2 aliphatic rings. The molecule has 1 N–H and O–H groups in total. The maximum Gasteiger partial charge on any atom is 0.00955 e. The van der Waals surface area contributed by atoms with Gasteiger partial charge < -0.3 is 5.32 Å². The Bertz CT molecular complexity index is 191. The second-order valence-electron chi connectivity index (χ2n) is 5.53. The molecule has 1 nitrogen and oxygen atoms in total. The van der Waals surface area contributed by atoms with Crippen molar-refractivity contribution in [1.82, 2.24) is 5.32 Å². The number of hydrogen-bond donors (Lipinski definition) is 1. The lowest BCUT2D eigenvalue weighted by Gasteiger charge is -2.31. The van der Waals surface area contributed by atoms with E-state index in [-0.39, 0.29) is 0 Å². The topological polar surface area (TPSA) is 12.0 Å². The molecule has 0 saturated heterocycles. The van der Waals surface area contributed by atoms with Crippen molar-refractivity contribution in [3.63, 3.8) is 0 Å². The fourth-order valence-corrected chi connectivity index (χ4v) is 3.91. The van der Waals surface area contributed by atoms with E-state index in [0.29, 0.717) is 0 Å². The lowest BCUT2D eigenvalue weighted by atomic mass is 9.83. The van der Waals surface area contributed by atoms with Crippen molar-refractivity contribution in [1.29, 1.82) is 0 Å². The smallest absolute Gasteiger partial charge is 0.00955 e. The zero-order chi connectivity index (χ0) is 11.2. The van der Waals surface area contributed by atoms with E-state index >= 15 is 0 Å². The first-order valence-electron chi connectivity index (χ1n) is 7.21. The van der Waals surface area contributed by atoms with Crippen LogP contribution in [0.4, 0.5) is 0 Å². The summed E-state index contributed by atoms with van der Waals surface area (Å²) in [5.41, 5.74) is 0. The summed E-state index contributed by atoms with van der Waals surface area (Å²) < 4.78 is 0. The number of thioether (sulfide) groups is 1. The molecule has 2 saturated carbocycles. The summed E-state index contributed by atoms with van der Waals surface area (Å²) in [6, 6.07) is 0.834. The standard InChI is InChI=1S/C14H27NS/c1-2-13-5-3-4-6-14(13)15-9-10-16-11-12-7-8-12/h12-15H,2-11H2,1H3. The molecular weight excluding hydrogens is 214 g/mol. The van der Waals surface area contributed by atoms with Crippen LogP contribution in [-0.4, -0.2) is 24.1 Å². The van der Waals surface area contributed by atoms with Gasteiger partial charge in [-0.25, -0.2) is 0 Å². The minimum Gasteiger partial charge on any atom is -0.313 e. The molecule has 0 amide bonds. The van der Waals surface area contributed by atoms with Crippen LogP contribution in [0.15, 0.2) is 0 Å². The molecule has 2 atom stereocenters. The minimum atomic E-state index is 0.834. The molecule has 16 heavy (non-hydrogen) atoms. The van der Waals surface area contributed by atoms with Crippen LogP contribution in [0, 0.1) is 11.8 Å². The van der Waals surface area contributed by atoms with Crippen LogP contribution in [0.1, 0.15) is 51.9 Å². The molecule has 0 aromatic heterocycles. The third kappa shape index (κ3) is 4.29. The van der Waals surface area contributed by atoms with E-state index in [1.54, 1.807) is 0 Å². The molecule has 0 spiro atoms. The summed E-state index contributed by atoms with van der Waals surface area (Å²) in [6.45, 7) is 3.59. The normalized spacial score (nSPS) is 30.6. The van der Waals surface area contributed by atoms with Crippen molar-refractivity contribution in [3.05, 3.63) is 0 Å². The van der Waals surface area contributed by atoms with Crippen LogP contribution in [0.3, 0.4) is 0 Å². The Morgan fingerprint density at radius 1 is 1.12 bits per heavy atom. The maximum atomic E-state index is 3.80. The van der Waals surface area contributed by atoms with E-state index in [1.165, 1.54) is 63.0 Å². The van der Waals surface area contributed by atoms with Crippen LogP contribution >= 0.6 is 11.8 Å². The van der Waals surface area contributed by atoms with E-state index < -0.39 is 0 Å². The van der Waals surface area contributed by atoms with Crippen LogP contribution in [-0.2, 0) is 0 Å². The Morgan fingerprint density at radius 3 is 2.69 bits per heavy atom. The molecule has 2 heteroatoms. The highest BCUT2D eigenvalue weighted by Crippen LogP contribution is 2.32. The van der Waals surface area contributed by atoms with Gasteiger partial charge in [-0.3, -0.25) is 0 Å². The van der Waals surface area contributed by atoms with E-state index in [1.807, 2.05) is 0 Å². The Kier molecular flexibility index (Phi) is 5.51. The molecule has 0 aromatic carbocycles. The average molecular weight is 241 g/mol. The van der Waals surface area contributed by atoms with Crippen molar-refractivity contribution in [2.24, 2.45) is 11.8 Å². The minimum absolute atomic E-state index is 0.834. The van der Waals surface area contributed by atoms with E-state index in [2.05, 4.69) is 24.0 Å². The molecule has 2 unspecified atom stereocenters. The van der Waals surface area contributed by atoms with E-state index in [0.717, 1.165) is 17.9 Å². The maximum absolute atomic E-state index is 3.80. The highest BCUT2D eigenvalue weighted by atomic mass is 32.2. The van der Waals surface area contributed by atoms with Gasteiger partial charge in [0.05, 0.1) is 0 Å². The van der Waals surface area contributed by atoms with Gasteiger partial charge in [0, 0.05) is 18.3 Å². The summed E-state index contributed by atoms with van der Waals surface area (Å²) in [6.07, 6.45) is 10.2. The highest BCUT2D eigenvalue weighted by molar-refractivity contribution is 7.99. The van der Waals surface area contributed by atoms with Gasteiger partial charge in [0.2, 0.25) is 0 Å². The molecule has 0 aromatic rings. The average Bonchev–Trinajstić information content (AvgIpc) is 3.13. The van der Waals surface area contributed by atoms with Crippen molar-refractivity contribution < 1.29 is 0 Å². The summed E-state index contributed by atoms with van der Waals surface area (Å²) in [5.74, 6) is 4.79. The second-order valence-corrected chi connectivity index (χ2v) is 6.68. The Morgan fingerprint density at radius 2 is 1.94 bits per heavy atom. The zero-order valence-corrected chi connectivity index (χ0v) is 11.5. The van der Waals surface area contributed by atoms with Gasteiger partial charge >= 0.3 is 0 Å². The summed E-state index contributed by atoms with van der Waals surface area (Å²) >= 11 is 2.16. The molecule has 2 aliphatic carbocycles. The van der Waals surface area contributed by atoms with Crippen molar-refractivity contribution in [2.45, 2.75) is 57.9 Å². The molecule has 0 radical (unpaired) electrons. The number of hydrogen-bond acceptors (Lipinski definition) is 2. The van der Waals surface area contributed by atoms with Crippen LogP contribution in [0.2, 0.25) is 0 Å². The van der Waals surface area contributed by atoms with Crippen LogP contribution < -0.4 is 5.32 Å². The van der Waals surface area contributed by atoms with Crippen molar-refractivity contribution in [2.75, 3.05) is 18.1 Å². The second kappa shape index (κ2) is 6.90. The number of rotatable bonds is 7. The van der Waals surface area contributed by atoms with Gasteiger partial charge in [-0.1, -0.05) is 26.2 Å². The first kappa shape index (κ1) is 12.8. The molecular formula is C14H27NS. The van der Waals surface area contributed by atoms with E-state index in [9.17, 15) is 0 Å². The van der Waals surface area contributed by atoms with Crippen molar-refractivity contribution >= 4 is 11.8 Å². The monoisotopic (exact) mass is 241 g/mol. The predicted octanol–water partition coefficient (Wildman–Crippen LogP) is 3.69. The van der Waals surface area contributed by atoms with Gasteiger partial charge in [-0.15, -0.1) is 0 Å². The Balaban J connectivity index is 1.52. The Labute approximate surface area is 105 Å². The largest absolute Gasteiger partial charge is 0.313 e. The SMILES string of the molecule is CCC1CCCCC1NCCSCC1CC1. The highest BCUT2D eigenvalue weighted by Gasteiger charge is 2.23. The Hall–Kier alpha value is 0.310. The number of nitrogens with one attached hydrogen (secondary N) is 1. The van der Waals surface area contributed by atoms with Gasteiger partial charge in [-0.05, 0) is 43.3 Å². The lowest BCUT2D eigenvalue weighted by Crippen LogP contribution is -2.39.